The monoisotopic (exact) mass is 459 g/mol. The lowest BCUT2D eigenvalue weighted by Crippen LogP contribution is -2.59. The van der Waals surface area contributed by atoms with Crippen LogP contribution in [0.4, 0.5) is 4.79 Å². The minimum absolute atomic E-state index is 0.0237. The minimum atomic E-state index is -0.986. The van der Waals surface area contributed by atoms with Gasteiger partial charge in [0.25, 0.3) is 0 Å². The van der Waals surface area contributed by atoms with Crippen LogP contribution in [0, 0.1) is 17.8 Å². The lowest BCUT2D eigenvalue weighted by atomic mass is 9.66. The Balaban J connectivity index is 1.46. The van der Waals surface area contributed by atoms with Crippen LogP contribution in [0.15, 0.2) is 59.1 Å². The van der Waals surface area contributed by atoms with Crippen molar-refractivity contribution in [2.75, 3.05) is 26.3 Å². The second-order valence-corrected chi connectivity index (χ2v) is 9.10. The van der Waals surface area contributed by atoms with E-state index in [0.29, 0.717) is 26.3 Å². The van der Waals surface area contributed by atoms with Crippen molar-refractivity contribution in [1.29, 1.82) is 0 Å². The average molecular weight is 460 g/mol. The van der Waals surface area contributed by atoms with Crippen LogP contribution >= 0.6 is 15.9 Å². The average Bonchev–Trinajstić information content (AvgIpc) is 2.72. The van der Waals surface area contributed by atoms with E-state index in [1.807, 2.05) is 61.5 Å². The molecule has 1 N–H and O–H groups in total. The summed E-state index contributed by atoms with van der Waals surface area (Å²) in [6, 6.07) is 17.5. The van der Waals surface area contributed by atoms with Gasteiger partial charge in [-0.3, -0.25) is 0 Å². The highest BCUT2D eigenvalue weighted by Crippen LogP contribution is 2.45. The standard InChI is InChI=1S/C23H26BrNO4/c1-23(27,19-7-9-20(24)10-8-19)21-17-11-25(12-18(21)15-28-14-17)22(26)29-13-16-5-3-2-4-6-16/h2-10,17-18,21,27H,11-15H2,1H3. The molecule has 0 radical (unpaired) electrons. The predicted octanol–water partition coefficient (Wildman–Crippen LogP) is 4.19. The topological polar surface area (TPSA) is 59.0 Å². The van der Waals surface area contributed by atoms with E-state index >= 15 is 0 Å². The zero-order valence-corrected chi connectivity index (χ0v) is 18.0. The van der Waals surface area contributed by atoms with Crippen LogP contribution in [0.25, 0.3) is 0 Å². The third-order valence-electron chi connectivity index (χ3n) is 6.13. The van der Waals surface area contributed by atoms with Crippen LogP contribution < -0.4 is 0 Å². The third kappa shape index (κ3) is 4.34. The predicted molar refractivity (Wildman–Crippen MR) is 113 cm³/mol. The molecular formula is C23H26BrNO4. The molecule has 3 atom stereocenters. The largest absolute Gasteiger partial charge is 0.445 e. The van der Waals surface area contributed by atoms with Crippen LogP contribution in [0.1, 0.15) is 18.1 Å². The zero-order chi connectivity index (χ0) is 20.4. The smallest absolute Gasteiger partial charge is 0.410 e. The van der Waals surface area contributed by atoms with Gasteiger partial charge in [0.05, 0.1) is 18.8 Å². The van der Waals surface area contributed by atoms with Crippen LogP contribution in [0.3, 0.4) is 0 Å². The number of likely N-dealkylation sites (tertiary alicyclic amines) is 1. The van der Waals surface area contributed by atoms with E-state index < -0.39 is 5.60 Å². The van der Waals surface area contributed by atoms with Gasteiger partial charge in [0, 0.05) is 35.3 Å². The molecule has 154 valence electrons. The van der Waals surface area contributed by atoms with E-state index in [0.717, 1.165) is 15.6 Å². The van der Waals surface area contributed by atoms with Gasteiger partial charge >= 0.3 is 6.09 Å². The van der Waals surface area contributed by atoms with E-state index in [4.69, 9.17) is 9.47 Å². The van der Waals surface area contributed by atoms with Gasteiger partial charge in [-0.1, -0.05) is 58.4 Å². The number of carbonyl (C=O) groups excluding carboxylic acids is 1. The Bertz CT molecular complexity index is 826. The minimum Gasteiger partial charge on any atom is -0.445 e. The molecule has 5 nitrogen and oxygen atoms in total. The number of aliphatic hydroxyl groups is 1. The van der Waals surface area contributed by atoms with Crippen molar-refractivity contribution in [3.05, 3.63) is 70.2 Å². The van der Waals surface area contributed by atoms with E-state index in [-0.39, 0.29) is 30.5 Å². The molecule has 0 aliphatic carbocycles. The van der Waals surface area contributed by atoms with Gasteiger partial charge < -0.3 is 19.5 Å². The molecule has 29 heavy (non-hydrogen) atoms. The van der Waals surface area contributed by atoms with Crippen LogP contribution in [-0.4, -0.2) is 42.4 Å². The van der Waals surface area contributed by atoms with Gasteiger partial charge in [-0.05, 0) is 30.2 Å². The maximum atomic E-state index is 12.7. The summed E-state index contributed by atoms with van der Waals surface area (Å²) in [6.45, 7) is 4.28. The van der Waals surface area contributed by atoms with E-state index in [1.54, 1.807) is 4.90 Å². The lowest BCUT2D eigenvalue weighted by molar-refractivity contribution is -0.156. The number of carbonyl (C=O) groups is 1. The maximum absolute atomic E-state index is 12.7. The second kappa shape index (κ2) is 8.46. The first-order valence-corrected chi connectivity index (χ1v) is 10.8. The second-order valence-electron chi connectivity index (χ2n) is 8.18. The molecule has 0 spiro atoms. The van der Waals surface area contributed by atoms with Gasteiger partial charge in [-0.25, -0.2) is 4.79 Å². The zero-order valence-electron chi connectivity index (χ0n) is 16.5. The number of ether oxygens (including phenoxy) is 2. The lowest BCUT2D eigenvalue weighted by Gasteiger charge is -2.51. The molecule has 6 heteroatoms. The summed E-state index contributed by atoms with van der Waals surface area (Å²) in [5, 5.41) is 11.5. The number of hydrogen-bond acceptors (Lipinski definition) is 4. The molecule has 0 aromatic heterocycles. The van der Waals surface area contributed by atoms with Gasteiger partial charge in [-0.2, -0.15) is 0 Å². The van der Waals surface area contributed by atoms with Crippen molar-refractivity contribution in [2.24, 2.45) is 17.8 Å². The SMILES string of the molecule is CC(O)(c1ccc(Br)cc1)C1C2COCC1CN(C(=O)OCc1ccccc1)C2. The fraction of sp³-hybridized carbons (Fsp3) is 0.435. The van der Waals surface area contributed by atoms with Gasteiger partial charge in [0.15, 0.2) is 0 Å². The first-order valence-electron chi connectivity index (χ1n) is 9.97. The summed E-state index contributed by atoms with van der Waals surface area (Å²) < 4.78 is 12.3. The normalized spacial score (nSPS) is 25.9. The molecule has 4 rings (SSSR count). The van der Waals surface area contributed by atoms with Crippen LogP contribution in [0.5, 0.6) is 0 Å². The summed E-state index contributed by atoms with van der Waals surface area (Å²) >= 11 is 3.45. The molecule has 2 heterocycles. The molecule has 2 bridgehead atoms. The Morgan fingerprint density at radius 1 is 1.14 bits per heavy atom. The van der Waals surface area contributed by atoms with Gasteiger partial charge in [0.2, 0.25) is 0 Å². The van der Waals surface area contributed by atoms with Crippen molar-refractivity contribution < 1.29 is 19.4 Å². The number of piperidine rings is 1. The van der Waals surface area contributed by atoms with Crippen molar-refractivity contribution >= 4 is 22.0 Å². The highest BCUT2D eigenvalue weighted by molar-refractivity contribution is 9.10. The van der Waals surface area contributed by atoms with Crippen LogP contribution in [-0.2, 0) is 21.7 Å². The van der Waals surface area contributed by atoms with Crippen molar-refractivity contribution in [2.45, 2.75) is 19.1 Å². The quantitative estimate of drug-likeness (QED) is 0.744. The number of benzene rings is 2. The number of hydrogen-bond donors (Lipinski definition) is 1. The molecule has 2 aromatic rings. The Morgan fingerprint density at radius 2 is 1.76 bits per heavy atom. The van der Waals surface area contributed by atoms with Crippen LogP contribution in [0.2, 0.25) is 0 Å². The number of nitrogens with zero attached hydrogens (tertiary/aromatic N) is 1. The Morgan fingerprint density at radius 3 is 2.38 bits per heavy atom. The summed E-state index contributed by atoms with van der Waals surface area (Å²) in [5.41, 5.74) is 0.875. The molecule has 2 aliphatic rings. The molecule has 2 saturated heterocycles. The maximum Gasteiger partial charge on any atom is 0.410 e. The molecule has 1 amide bonds. The van der Waals surface area contributed by atoms with Crippen molar-refractivity contribution in [3.63, 3.8) is 0 Å². The summed E-state index contributed by atoms with van der Waals surface area (Å²) in [7, 11) is 0. The molecule has 2 fully saturated rings. The molecule has 0 saturated carbocycles. The number of rotatable bonds is 4. The van der Waals surface area contributed by atoms with E-state index in [9.17, 15) is 9.90 Å². The third-order valence-corrected chi connectivity index (χ3v) is 6.66. The summed E-state index contributed by atoms with van der Waals surface area (Å²) in [4.78, 5) is 14.4. The first-order chi connectivity index (χ1) is 13.9. The van der Waals surface area contributed by atoms with Gasteiger partial charge in [0.1, 0.15) is 6.61 Å². The number of halogens is 1. The van der Waals surface area contributed by atoms with E-state index in [2.05, 4.69) is 15.9 Å². The highest BCUT2D eigenvalue weighted by Gasteiger charge is 2.50. The molecule has 3 unspecified atom stereocenters. The number of fused-ring (bicyclic) bond motifs is 2. The molecule has 2 aliphatic heterocycles. The summed E-state index contributed by atoms with van der Waals surface area (Å²) in [6.07, 6.45) is -0.299. The Kier molecular flexibility index (Phi) is 5.95. The van der Waals surface area contributed by atoms with Crippen molar-refractivity contribution in [1.82, 2.24) is 4.90 Å². The first kappa shape index (κ1) is 20.4. The van der Waals surface area contributed by atoms with Crippen molar-refractivity contribution in [3.8, 4) is 0 Å². The Hall–Kier alpha value is -1.89. The molecular weight excluding hydrogens is 434 g/mol. The van der Waals surface area contributed by atoms with E-state index in [1.165, 1.54) is 0 Å². The number of amides is 1. The fourth-order valence-corrected chi connectivity index (χ4v) is 5.06. The van der Waals surface area contributed by atoms with Gasteiger partial charge in [-0.15, -0.1) is 0 Å². The highest BCUT2D eigenvalue weighted by atomic mass is 79.9. The Labute approximate surface area is 179 Å². The molecule has 2 aromatic carbocycles. The summed E-state index contributed by atoms with van der Waals surface area (Å²) in [5.74, 6) is 0.145. The fourth-order valence-electron chi connectivity index (χ4n) is 4.79.